The van der Waals surface area contributed by atoms with E-state index in [9.17, 15) is 0 Å². The minimum Gasteiger partial charge on any atom is -0.493 e. The molecule has 0 saturated heterocycles. The van der Waals surface area contributed by atoms with Gasteiger partial charge in [-0.1, -0.05) is 6.08 Å². The van der Waals surface area contributed by atoms with Crippen molar-refractivity contribution >= 4 is 17.5 Å². The molecular weight excluding hydrogens is 270 g/mol. The van der Waals surface area contributed by atoms with Crippen LogP contribution >= 0.6 is 0 Å². The van der Waals surface area contributed by atoms with Crippen LogP contribution in [0.5, 0.6) is 11.5 Å². The molecule has 0 aliphatic carbocycles. The van der Waals surface area contributed by atoms with Gasteiger partial charge >= 0.3 is 0 Å². The fourth-order valence-corrected chi connectivity index (χ4v) is 1.66. The number of nitrogens with zero attached hydrogens (tertiary/aromatic N) is 3. The van der Waals surface area contributed by atoms with Crippen LogP contribution in [-0.4, -0.2) is 35.9 Å². The summed E-state index contributed by atoms with van der Waals surface area (Å²) in [6.07, 6.45) is 3.26. The first-order chi connectivity index (χ1) is 10.3. The van der Waals surface area contributed by atoms with Crippen molar-refractivity contribution < 1.29 is 9.47 Å². The molecule has 0 amide bonds. The predicted molar refractivity (Wildman–Crippen MR) is 81.3 cm³/mol. The number of methoxy groups -OCH3 is 2. The summed E-state index contributed by atoms with van der Waals surface area (Å²) in [6, 6.07) is 5.49. The SMILES string of the molecule is C=CCNc1nncc(Nc2ccc(OC)c(OC)c2)n1. The second-order valence-electron chi connectivity index (χ2n) is 4.03. The third-order valence-electron chi connectivity index (χ3n) is 2.62. The van der Waals surface area contributed by atoms with Crippen LogP contribution in [0.25, 0.3) is 0 Å². The molecule has 7 nitrogen and oxygen atoms in total. The van der Waals surface area contributed by atoms with Gasteiger partial charge in [0.2, 0.25) is 5.95 Å². The van der Waals surface area contributed by atoms with Crippen molar-refractivity contribution in [2.75, 3.05) is 31.4 Å². The number of aromatic nitrogens is 3. The van der Waals surface area contributed by atoms with Gasteiger partial charge in [-0.2, -0.15) is 10.1 Å². The van der Waals surface area contributed by atoms with Crippen LogP contribution in [-0.2, 0) is 0 Å². The van der Waals surface area contributed by atoms with E-state index >= 15 is 0 Å². The first-order valence-corrected chi connectivity index (χ1v) is 6.30. The van der Waals surface area contributed by atoms with E-state index in [0.717, 1.165) is 5.69 Å². The maximum Gasteiger partial charge on any atom is 0.244 e. The summed E-state index contributed by atoms with van der Waals surface area (Å²) in [7, 11) is 3.18. The van der Waals surface area contributed by atoms with Crippen molar-refractivity contribution in [1.82, 2.24) is 15.2 Å². The van der Waals surface area contributed by atoms with E-state index in [4.69, 9.17) is 9.47 Å². The smallest absolute Gasteiger partial charge is 0.244 e. The number of rotatable bonds is 7. The average molecular weight is 287 g/mol. The van der Waals surface area contributed by atoms with Gasteiger partial charge in [0.25, 0.3) is 0 Å². The van der Waals surface area contributed by atoms with E-state index in [-0.39, 0.29) is 0 Å². The lowest BCUT2D eigenvalue weighted by molar-refractivity contribution is 0.355. The third-order valence-corrected chi connectivity index (χ3v) is 2.62. The molecular formula is C14H17N5O2. The Morgan fingerprint density at radius 3 is 2.76 bits per heavy atom. The third kappa shape index (κ3) is 3.82. The van der Waals surface area contributed by atoms with Crippen LogP contribution in [0.15, 0.2) is 37.1 Å². The molecule has 0 spiro atoms. The Hall–Kier alpha value is -2.83. The average Bonchev–Trinajstić information content (AvgIpc) is 2.53. The molecule has 7 heteroatoms. The number of nitrogens with one attached hydrogen (secondary N) is 2. The summed E-state index contributed by atoms with van der Waals surface area (Å²) in [6.45, 7) is 4.19. The van der Waals surface area contributed by atoms with Crippen LogP contribution in [0, 0.1) is 0 Å². The van der Waals surface area contributed by atoms with Gasteiger partial charge in [-0.05, 0) is 12.1 Å². The highest BCUT2D eigenvalue weighted by atomic mass is 16.5. The number of hydrogen-bond acceptors (Lipinski definition) is 7. The molecule has 0 atom stereocenters. The van der Waals surface area contributed by atoms with Crippen molar-refractivity contribution in [3.8, 4) is 11.5 Å². The quantitative estimate of drug-likeness (QED) is 0.756. The Labute approximate surface area is 123 Å². The van der Waals surface area contributed by atoms with Gasteiger partial charge in [-0.15, -0.1) is 11.7 Å². The van der Waals surface area contributed by atoms with Gasteiger partial charge in [-0.3, -0.25) is 0 Å². The second kappa shape index (κ2) is 7.09. The fourth-order valence-electron chi connectivity index (χ4n) is 1.66. The molecule has 21 heavy (non-hydrogen) atoms. The zero-order valence-corrected chi connectivity index (χ0v) is 12.0. The molecule has 0 bridgehead atoms. The molecule has 0 saturated carbocycles. The highest BCUT2D eigenvalue weighted by Crippen LogP contribution is 2.30. The Morgan fingerprint density at radius 2 is 2.05 bits per heavy atom. The van der Waals surface area contributed by atoms with Gasteiger partial charge in [0, 0.05) is 18.3 Å². The van der Waals surface area contributed by atoms with Crippen LogP contribution < -0.4 is 20.1 Å². The summed E-state index contributed by atoms with van der Waals surface area (Å²) in [5, 5.41) is 13.9. The van der Waals surface area contributed by atoms with E-state index in [1.54, 1.807) is 20.3 Å². The molecule has 2 rings (SSSR count). The largest absolute Gasteiger partial charge is 0.493 e. The summed E-state index contributed by atoms with van der Waals surface area (Å²) < 4.78 is 10.4. The van der Waals surface area contributed by atoms with Gasteiger partial charge in [0.1, 0.15) is 0 Å². The highest BCUT2D eigenvalue weighted by molar-refractivity contribution is 5.61. The summed E-state index contributed by atoms with van der Waals surface area (Å²) in [5.74, 6) is 2.30. The van der Waals surface area contributed by atoms with Crippen molar-refractivity contribution in [3.63, 3.8) is 0 Å². The highest BCUT2D eigenvalue weighted by Gasteiger charge is 2.06. The van der Waals surface area contributed by atoms with Crippen LogP contribution in [0.1, 0.15) is 0 Å². The Balaban J connectivity index is 2.15. The summed E-state index contributed by atoms with van der Waals surface area (Å²) >= 11 is 0. The number of hydrogen-bond donors (Lipinski definition) is 2. The Morgan fingerprint density at radius 1 is 1.24 bits per heavy atom. The Bertz CT molecular complexity index is 618. The molecule has 1 aromatic heterocycles. The van der Waals surface area contributed by atoms with Gasteiger partial charge in [-0.25, -0.2) is 0 Å². The van der Waals surface area contributed by atoms with E-state index in [2.05, 4.69) is 32.4 Å². The first-order valence-electron chi connectivity index (χ1n) is 6.30. The normalized spacial score (nSPS) is 9.81. The lowest BCUT2D eigenvalue weighted by Gasteiger charge is -2.11. The zero-order chi connectivity index (χ0) is 15.1. The maximum absolute atomic E-state index is 5.25. The minimum absolute atomic E-state index is 0.431. The molecule has 0 radical (unpaired) electrons. The minimum atomic E-state index is 0.431. The van der Waals surface area contributed by atoms with E-state index < -0.39 is 0 Å². The second-order valence-corrected chi connectivity index (χ2v) is 4.03. The fraction of sp³-hybridized carbons (Fsp3) is 0.214. The van der Waals surface area contributed by atoms with Crippen molar-refractivity contribution in [1.29, 1.82) is 0 Å². The van der Waals surface area contributed by atoms with Crippen molar-refractivity contribution in [2.24, 2.45) is 0 Å². The summed E-state index contributed by atoms with van der Waals surface area (Å²) in [5.41, 5.74) is 0.808. The topological polar surface area (TPSA) is 81.2 Å². The van der Waals surface area contributed by atoms with Gasteiger partial charge in [0.05, 0.1) is 20.4 Å². The molecule has 2 aromatic rings. The lowest BCUT2D eigenvalue weighted by Crippen LogP contribution is -2.06. The number of anilines is 3. The standard InChI is InChI=1S/C14H17N5O2/c1-4-7-15-14-18-13(9-16-19-14)17-10-5-6-11(20-2)12(8-10)21-3/h4-6,8-9H,1,7H2,2-3H3,(H2,15,17,18,19). The molecule has 2 N–H and O–H groups in total. The molecule has 1 aromatic carbocycles. The van der Waals surface area contributed by atoms with E-state index in [1.807, 2.05) is 18.2 Å². The molecule has 110 valence electrons. The Kier molecular flexibility index (Phi) is 4.92. The number of ether oxygens (including phenoxy) is 2. The van der Waals surface area contributed by atoms with E-state index in [0.29, 0.717) is 29.8 Å². The molecule has 0 aliphatic rings. The zero-order valence-electron chi connectivity index (χ0n) is 12.0. The lowest BCUT2D eigenvalue weighted by atomic mass is 10.2. The van der Waals surface area contributed by atoms with Crippen LogP contribution in [0.2, 0.25) is 0 Å². The molecule has 1 heterocycles. The van der Waals surface area contributed by atoms with Crippen LogP contribution in [0.3, 0.4) is 0 Å². The molecule has 0 aliphatic heterocycles. The first kappa shape index (κ1) is 14.6. The van der Waals surface area contributed by atoms with E-state index in [1.165, 1.54) is 6.20 Å². The monoisotopic (exact) mass is 287 g/mol. The molecule has 0 unspecified atom stereocenters. The summed E-state index contributed by atoms with van der Waals surface area (Å²) in [4.78, 5) is 4.29. The van der Waals surface area contributed by atoms with Crippen molar-refractivity contribution in [2.45, 2.75) is 0 Å². The number of benzene rings is 1. The van der Waals surface area contributed by atoms with Gasteiger partial charge in [0.15, 0.2) is 17.3 Å². The van der Waals surface area contributed by atoms with Gasteiger partial charge < -0.3 is 20.1 Å². The van der Waals surface area contributed by atoms with Crippen LogP contribution in [0.4, 0.5) is 17.5 Å². The predicted octanol–water partition coefficient (Wildman–Crippen LogP) is 2.23. The van der Waals surface area contributed by atoms with Crippen molar-refractivity contribution in [3.05, 3.63) is 37.1 Å². The molecule has 0 fully saturated rings. The maximum atomic E-state index is 5.25.